The van der Waals surface area contributed by atoms with Crippen molar-refractivity contribution in [3.63, 3.8) is 0 Å². The Morgan fingerprint density at radius 2 is 2.30 bits per heavy atom. The van der Waals surface area contributed by atoms with Crippen LogP contribution in [0.1, 0.15) is 17.5 Å². The Balaban J connectivity index is 1.90. The highest BCUT2D eigenvalue weighted by Crippen LogP contribution is 2.25. The molecule has 0 atom stereocenters. The average molecular weight is 315 g/mol. The third-order valence-corrected chi connectivity index (χ3v) is 3.38. The molecule has 0 unspecified atom stereocenters. The molecular formula is C15H17N5O3. The van der Waals surface area contributed by atoms with Crippen LogP contribution in [0.15, 0.2) is 24.5 Å². The van der Waals surface area contributed by atoms with E-state index < -0.39 is 6.29 Å². The molecule has 8 nitrogen and oxygen atoms in total. The van der Waals surface area contributed by atoms with Crippen LogP contribution in [-0.2, 0) is 14.2 Å². The van der Waals surface area contributed by atoms with E-state index in [0.717, 1.165) is 5.69 Å². The molecule has 0 amide bonds. The lowest BCUT2D eigenvalue weighted by molar-refractivity contribution is -0.0489. The van der Waals surface area contributed by atoms with Crippen molar-refractivity contribution in [3.05, 3.63) is 35.8 Å². The number of hydrogen-bond acceptors (Lipinski definition) is 7. The van der Waals surface area contributed by atoms with Gasteiger partial charge in [-0.05, 0) is 6.07 Å². The number of anilines is 1. The number of nitrogens with zero attached hydrogens (tertiary/aromatic N) is 4. The van der Waals surface area contributed by atoms with E-state index in [9.17, 15) is 5.26 Å². The van der Waals surface area contributed by atoms with Crippen LogP contribution in [0.5, 0.6) is 0 Å². The number of hydrogen-bond donors (Lipinski definition) is 1. The molecule has 0 spiro atoms. The second-order valence-corrected chi connectivity index (χ2v) is 4.86. The molecule has 1 saturated heterocycles. The van der Waals surface area contributed by atoms with Crippen molar-refractivity contribution in [2.75, 3.05) is 38.8 Å². The van der Waals surface area contributed by atoms with E-state index >= 15 is 0 Å². The lowest BCUT2D eigenvalue weighted by Crippen LogP contribution is -2.12. The number of nitriles is 1. The van der Waals surface area contributed by atoms with Crippen LogP contribution in [0.2, 0.25) is 0 Å². The van der Waals surface area contributed by atoms with Crippen molar-refractivity contribution in [1.29, 1.82) is 5.26 Å². The minimum absolute atomic E-state index is 0.445. The van der Waals surface area contributed by atoms with Crippen molar-refractivity contribution in [2.45, 2.75) is 6.29 Å². The number of rotatable bonds is 6. The van der Waals surface area contributed by atoms with Crippen molar-refractivity contribution in [1.82, 2.24) is 14.8 Å². The van der Waals surface area contributed by atoms with Crippen LogP contribution >= 0.6 is 0 Å². The van der Waals surface area contributed by atoms with Crippen molar-refractivity contribution in [2.24, 2.45) is 0 Å². The van der Waals surface area contributed by atoms with E-state index in [4.69, 9.17) is 14.2 Å². The molecule has 1 aliphatic rings. The molecule has 2 aromatic heterocycles. The van der Waals surface area contributed by atoms with Gasteiger partial charge in [-0.1, -0.05) is 0 Å². The Morgan fingerprint density at radius 1 is 1.48 bits per heavy atom. The summed E-state index contributed by atoms with van der Waals surface area (Å²) in [5, 5.41) is 16.6. The van der Waals surface area contributed by atoms with Crippen LogP contribution in [0, 0.1) is 11.3 Å². The van der Waals surface area contributed by atoms with E-state index in [-0.39, 0.29) is 0 Å². The monoisotopic (exact) mass is 315 g/mol. The molecule has 0 bridgehead atoms. The quantitative estimate of drug-likeness (QED) is 0.801. The molecule has 23 heavy (non-hydrogen) atoms. The molecule has 0 aliphatic carbocycles. The third kappa shape index (κ3) is 3.32. The normalized spacial score (nSPS) is 14.8. The maximum Gasteiger partial charge on any atom is 0.201 e. The SMILES string of the molecule is COCCNc1cc(-n2nccc2C2OCCO2)ncc1C#N. The van der Waals surface area contributed by atoms with Crippen molar-refractivity contribution in [3.8, 4) is 11.9 Å². The van der Waals surface area contributed by atoms with Gasteiger partial charge >= 0.3 is 0 Å². The van der Waals surface area contributed by atoms with E-state index in [0.29, 0.717) is 43.4 Å². The zero-order chi connectivity index (χ0) is 16.1. The molecule has 0 saturated carbocycles. The van der Waals surface area contributed by atoms with E-state index in [2.05, 4.69) is 21.5 Å². The zero-order valence-electron chi connectivity index (χ0n) is 12.7. The zero-order valence-corrected chi connectivity index (χ0v) is 12.7. The van der Waals surface area contributed by atoms with Gasteiger partial charge in [0.15, 0.2) is 5.82 Å². The number of pyridine rings is 1. The summed E-state index contributed by atoms with van der Waals surface area (Å²) in [6, 6.07) is 5.72. The number of ether oxygens (including phenoxy) is 3. The van der Waals surface area contributed by atoms with Gasteiger partial charge in [0.1, 0.15) is 11.8 Å². The second-order valence-electron chi connectivity index (χ2n) is 4.86. The maximum absolute atomic E-state index is 9.20. The summed E-state index contributed by atoms with van der Waals surface area (Å²) < 4.78 is 17.7. The van der Waals surface area contributed by atoms with Crippen LogP contribution in [0.25, 0.3) is 5.82 Å². The number of methoxy groups -OCH3 is 1. The largest absolute Gasteiger partial charge is 0.383 e. The van der Waals surface area contributed by atoms with Crippen LogP contribution in [0.3, 0.4) is 0 Å². The Hall–Kier alpha value is -2.47. The second kappa shape index (κ2) is 7.19. The Morgan fingerprint density at radius 3 is 3.04 bits per heavy atom. The molecule has 0 radical (unpaired) electrons. The van der Waals surface area contributed by atoms with Crippen LogP contribution in [0.4, 0.5) is 5.69 Å². The molecule has 8 heteroatoms. The molecule has 3 heterocycles. The third-order valence-electron chi connectivity index (χ3n) is 3.38. The molecule has 0 aromatic carbocycles. The minimum Gasteiger partial charge on any atom is -0.383 e. The molecule has 1 aliphatic heterocycles. The Bertz CT molecular complexity index is 703. The molecule has 120 valence electrons. The summed E-state index contributed by atoms with van der Waals surface area (Å²) in [7, 11) is 1.63. The van der Waals surface area contributed by atoms with Crippen LogP contribution < -0.4 is 5.32 Å². The number of nitrogens with one attached hydrogen (secondary N) is 1. The van der Waals surface area contributed by atoms with Gasteiger partial charge in [0, 0.05) is 32.1 Å². The fraction of sp³-hybridized carbons (Fsp3) is 0.400. The topological polar surface area (TPSA) is 94.2 Å². The van der Waals surface area contributed by atoms with Gasteiger partial charge in [-0.2, -0.15) is 10.4 Å². The van der Waals surface area contributed by atoms with Gasteiger partial charge < -0.3 is 19.5 Å². The van der Waals surface area contributed by atoms with E-state index in [1.165, 1.54) is 6.20 Å². The number of aromatic nitrogens is 3. The Labute approximate surface area is 133 Å². The van der Waals surface area contributed by atoms with Gasteiger partial charge in [-0.25, -0.2) is 9.67 Å². The summed E-state index contributed by atoms with van der Waals surface area (Å²) in [5.41, 5.74) is 1.92. The molecule has 1 N–H and O–H groups in total. The predicted molar refractivity (Wildman–Crippen MR) is 81.1 cm³/mol. The smallest absolute Gasteiger partial charge is 0.201 e. The standard InChI is InChI=1S/C15H17N5O3/c1-21-5-4-17-12-8-14(18-10-11(12)9-16)20-13(2-3-19-20)15-22-6-7-23-15/h2-3,8,10,15H,4-7H2,1H3,(H,17,18). The molecule has 1 fully saturated rings. The summed E-state index contributed by atoms with van der Waals surface area (Å²) in [5.74, 6) is 0.586. The predicted octanol–water partition coefficient (Wildman–Crippen LogP) is 1.24. The van der Waals surface area contributed by atoms with Crippen molar-refractivity contribution >= 4 is 5.69 Å². The van der Waals surface area contributed by atoms with E-state index in [1.54, 1.807) is 24.1 Å². The van der Waals surface area contributed by atoms with Gasteiger partial charge in [0.2, 0.25) is 6.29 Å². The fourth-order valence-corrected chi connectivity index (χ4v) is 2.30. The average Bonchev–Trinajstić information content (AvgIpc) is 3.26. The molecule has 2 aromatic rings. The highest BCUT2D eigenvalue weighted by molar-refractivity contribution is 5.59. The highest BCUT2D eigenvalue weighted by Gasteiger charge is 2.23. The van der Waals surface area contributed by atoms with Gasteiger partial charge in [0.05, 0.1) is 31.1 Å². The summed E-state index contributed by atoms with van der Waals surface area (Å²) in [4.78, 5) is 4.31. The molecule has 3 rings (SSSR count). The van der Waals surface area contributed by atoms with E-state index in [1.807, 2.05) is 6.07 Å². The highest BCUT2D eigenvalue weighted by atomic mass is 16.7. The Kier molecular flexibility index (Phi) is 4.83. The van der Waals surface area contributed by atoms with Gasteiger partial charge in [-0.3, -0.25) is 0 Å². The lowest BCUT2D eigenvalue weighted by Gasteiger charge is -2.13. The summed E-state index contributed by atoms with van der Waals surface area (Å²) >= 11 is 0. The maximum atomic E-state index is 9.20. The summed E-state index contributed by atoms with van der Waals surface area (Å²) in [6.07, 6.45) is 2.74. The fourth-order valence-electron chi connectivity index (χ4n) is 2.30. The van der Waals surface area contributed by atoms with Gasteiger partial charge in [-0.15, -0.1) is 0 Å². The first-order valence-electron chi connectivity index (χ1n) is 7.24. The molecular weight excluding hydrogens is 298 g/mol. The van der Waals surface area contributed by atoms with Crippen molar-refractivity contribution < 1.29 is 14.2 Å². The first kappa shape index (κ1) is 15.4. The van der Waals surface area contributed by atoms with Crippen LogP contribution in [-0.4, -0.2) is 48.2 Å². The first-order valence-corrected chi connectivity index (χ1v) is 7.24. The summed E-state index contributed by atoms with van der Waals surface area (Å²) in [6.45, 7) is 2.25. The first-order chi connectivity index (χ1) is 11.3. The van der Waals surface area contributed by atoms with Gasteiger partial charge in [0.25, 0.3) is 0 Å². The minimum atomic E-state index is -0.445. The lowest BCUT2D eigenvalue weighted by atomic mass is 10.2.